The predicted molar refractivity (Wildman–Crippen MR) is 73.8 cm³/mol. The molecule has 0 aliphatic carbocycles. The summed E-state index contributed by atoms with van der Waals surface area (Å²) in [5.41, 5.74) is -0.935. The van der Waals surface area contributed by atoms with Crippen LogP contribution in [0.4, 0.5) is 24.9 Å². The van der Waals surface area contributed by atoms with Gasteiger partial charge in [-0.3, -0.25) is 0 Å². The summed E-state index contributed by atoms with van der Waals surface area (Å²) in [5.74, 6) is 0.617. The van der Waals surface area contributed by atoms with Crippen molar-refractivity contribution in [3.05, 3.63) is 11.8 Å². The first-order valence-electron chi connectivity index (χ1n) is 6.84. The minimum Gasteiger partial charge on any atom is -0.370 e. The molecule has 0 saturated heterocycles. The molecular formula is C13H21F3N4. The highest BCUT2D eigenvalue weighted by Gasteiger charge is 2.33. The number of aromatic nitrogens is 2. The second-order valence-corrected chi connectivity index (χ2v) is 4.55. The van der Waals surface area contributed by atoms with Crippen LogP contribution in [0, 0.1) is 5.92 Å². The van der Waals surface area contributed by atoms with E-state index in [4.69, 9.17) is 0 Å². The Bertz CT molecular complexity index is 417. The zero-order valence-electron chi connectivity index (χ0n) is 12.0. The van der Waals surface area contributed by atoms with E-state index in [1.165, 1.54) is 0 Å². The van der Waals surface area contributed by atoms with Crippen molar-refractivity contribution in [2.75, 3.05) is 23.7 Å². The average molecular weight is 290 g/mol. The van der Waals surface area contributed by atoms with Crippen LogP contribution in [0.25, 0.3) is 0 Å². The first kappa shape index (κ1) is 16.5. The molecule has 0 aromatic carbocycles. The normalized spacial score (nSPS) is 11.8. The Labute approximate surface area is 117 Å². The van der Waals surface area contributed by atoms with Crippen molar-refractivity contribution >= 4 is 11.8 Å². The second-order valence-electron chi connectivity index (χ2n) is 4.55. The molecule has 0 aliphatic heterocycles. The lowest BCUT2D eigenvalue weighted by Crippen LogP contribution is -2.17. The first-order valence-corrected chi connectivity index (χ1v) is 6.84. The number of hydrogen-bond donors (Lipinski definition) is 2. The summed E-state index contributed by atoms with van der Waals surface area (Å²) in [7, 11) is 0. The number of alkyl halides is 3. The number of halogens is 3. The van der Waals surface area contributed by atoms with Crippen molar-refractivity contribution in [2.24, 2.45) is 5.92 Å². The highest BCUT2D eigenvalue weighted by molar-refractivity contribution is 5.43. The van der Waals surface area contributed by atoms with Gasteiger partial charge in [0.05, 0.1) is 0 Å². The summed E-state index contributed by atoms with van der Waals surface area (Å²) in [5, 5.41) is 5.68. The summed E-state index contributed by atoms with van der Waals surface area (Å²) >= 11 is 0. The van der Waals surface area contributed by atoms with Crippen molar-refractivity contribution < 1.29 is 13.2 Å². The Balaban J connectivity index is 2.91. The monoisotopic (exact) mass is 290 g/mol. The van der Waals surface area contributed by atoms with Gasteiger partial charge in [0, 0.05) is 19.2 Å². The number of hydrogen-bond acceptors (Lipinski definition) is 4. The van der Waals surface area contributed by atoms with Gasteiger partial charge in [-0.05, 0) is 12.8 Å². The molecule has 4 nitrogen and oxygen atoms in total. The quantitative estimate of drug-likeness (QED) is 0.802. The Morgan fingerprint density at radius 2 is 1.75 bits per heavy atom. The van der Waals surface area contributed by atoms with Crippen molar-refractivity contribution in [3.63, 3.8) is 0 Å². The summed E-state index contributed by atoms with van der Waals surface area (Å²) in [6.45, 7) is 6.96. The Hall–Kier alpha value is -1.53. The minimum absolute atomic E-state index is 0.00521. The van der Waals surface area contributed by atoms with Gasteiger partial charge in [-0.15, -0.1) is 0 Å². The molecule has 1 heterocycles. The standard InChI is InChI=1S/C13H21F3N4/c1-4-9(5-2)8-18-11-7-10(13(14,15)16)19-12(20-11)17-6-3/h7,9H,4-6,8H2,1-3H3,(H2,17,18,19,20). The lowest BCUT2D eigenvalue weighted by atomic mass is 10.0. The van der Waals surface area contributed by atoms with Gasteiger partial charge in [-0.1, -0.05) is 26.7 Å². The molecule has 114 valence electrons. The molecule has 0 spiro atoms. The molecule has 1 rings (SSSR count). The second kappa shape index (κ2) is 7.31. The van der Waals surface area contributed by atoms with Crippen molar-refractivity contribution in [1.82, 2.24) is 9.97 Å². The fourth-order valence-corrected chi connectivity index (χ4v) is 1.75. The maximum atomic E-state index is 12.8. The number of anilines is 2. The molecule has 2 N–H and O–H groups in total. The van der Waals surface area contributed by atoms with Crippen LogP contribution in [-0.2, 0) is 6.18 Å². The van der Waals surface area contributed by atoms with Crippen LogP contribution in [0.2, 0.25) is 0 Å². The van der Waals surface area contributed by atoms with Crippen molar-refractivity contribution in [3.8, 4) is 0 Å². The average Bonchev–Trinajstić information content (AvgIpc) is 2.39. The Morgan fingerprint density at radius 3 is 2.25 bits per heavy atom. The van der Waals surface area contributed by atoms with Gasteiger partial charge >= 0.3 is 6.18 Å². The number of nitrogens with one attached hydrogen (secondary N) is 2. The highest BCUT2D eigenvalue weighted by atomic mass is 19.4. The summed E-state index contributed by atoms with van der Waals surface area (Å²) in [4.78, 5) is 7.52. The van der Waals surface area contributed by atoms with E-state index in [2.05, 4.69) is 34.4 Å². The molecule has 0 saturated carbocycles. The third-order valence-electron chi connectivity index (χ3n) is 3.08. The van der Waals surface area contributed by atoms with Crippen LogP contribution in [0.15, 0.2) is 6.07 Å². The van der Waals surface area contributed by atoms with Crippen LogP contribution in [0.5, 0.6) is 0 Å². The van der Waals surface area contributed by atoms with Crippen LogP contribution < -0.4 is 10.6 Å². The SMILES string of the molecule is CCNc1nc(NCC(CC)CC)cc(C(F)(F)F)n1. The van der Waals surface area contributed by atoms with Crippen molar-refractivity contribution in [1.29, 1.82) is 0 Å². The van der Waals surface area contributed by atoms with Gasteiger partial charge in [-0.25, -0.2) is 4.98 Å². The Kier molecular flexibility index (Phi) is 6.04. The van der Waals surface area contributed by atoms with E-state index >= 15 is 0 Å². The minimum atomic E-state index is -4.47. The topological polar surface area (TPSA) is 49.8 Å². The first-order chi connectivity index (χ1) is 9.40. The number of nitrogens with zero attached hydrogens (tertiary/aromatic N) is 2. The van der Waals surface area contributed by atoms with E-state index in [0.29, 0.717) is 19.0 Å². The summed E-state index contributed by atoms with van der Waals surface area (Å²) < 4.78 is 38.3. The third kappa shape index (κ3) is 4.86. The van der Waals surface area contributed by atoms with Crippen LogP contribution in [0.1, 0.15) is 39.3 Å². The molecule has 7 heteroatoms. The Morgan fingerprint density at radius 1 is 1.10 bits per heavy atom. The maximum Gasteiger partial charge on any atom is 0.433 e. The van der Waals surface area contributed by atoms with E-state index in [0.717, 1.165) is 18.9 Å². The van der Waals surface area contributed by atoms with E-state index < -0.39 is 11.9 Å². The molecule has 0 atom stereocenters. The lowest BCUT2D eigenvalue weighted by molar-refractivity contribution is -0.141. The molecule has 0 bridgehead atoms. The van der Waals surface area contributed by atoms with E-state index in [1.54, 1.807) is 6.92 Å². The van der Waals surface area contributed by atoms with E-state index in [9.17, 15) is 13.2 Å². The van der Waals surface area contributed by atoms with Crippen LogP contribution in [-0.4, -0.2) is 23.1 Å². The fraction of sp³-hybridized carbons (Fsp3) is 0.692. The fourth-order valence-electron chi connectivity index (χ4n) is 1.75. The molecule has 1 aromatic heterocycles. The van der Waals surface area contributed by atoms with Gasteiger partial charge in [0.2, 0.25) is 5.95 Å². The molecule has 20 heavy (non-hydrogen) atoms. The molecule has 0 aliphatic rings. The molecule has 0 fully saturated rings. The van der Waals surface area contributed by atoms with Crippen molar-refractivity contribution in [2.45, 2.75) is 39.8 Å². The van der Waals surface area contributed by atoms with Gasteiger partial charge in [0.1, 0.15) is 5.82 Å². The largest absolute Gasteiger partial charge is 0.433 e. The van der Waals surface area contributed by atoms with E-state index in [1.807, 2.05) is 0 Å². The van der Waals surface area contributed by atoms with Crippen LogP contribution >= 0.6 is 0 Å². The van der Waals surface area contributed by atoms with Crippen LogP contribution in [0.3, 0.4) is 0 Å². The lowest BCUT2D eigenvalue weighted by Gasteiger charge is -2.15. The molecule has 1 aromatic rings. The molecule has 0 radical (unpaired) electrons. The summed E-state index contributed by atoms with van der Waals surface area (Å²) in [6.07, 6.45) is -2.53. The maximum absolute atomic E-state index is 12.8. The van der Waals surface area contributed by atoms with Gasteiger partial charge < -0.3 is 10.6 Å². The van der Waals surface area contributed by atoms with E-state index in [-0.39, 0.29) is 11.8 Å². The predicted octanol–water partition coefficient (Wildman–Crippen LogP) is 3.78. The highest BCUT2D eigenvalue weighted by Crippen LogP contribution is 2.29. The van der Waals surface area contributed by atoms with Gasteiger partial charge in [0.25, 0.3) is 0 Å². The number of rotatable bonds is 7. The van der Waals surface area contributed by atoms with Gasteiger partial charge in [-0.2, -0.15) is 18.2 Å². The smallest absolute Gasteiger partial charge is 0.370 e. The molecule has 0 unspecified atom stereocenters. The summed E-state index contributed by atoms with van der Waals surface area (Å²) in [6, 6.07) is 0.948. The molecular weight excluding hydrogens is 269 g/mol. The molecule has 0 amide bonds. The zero-order chi connectivity index (χ0) is 15.2. The van der Waals surface area contributed by atoms with Gasteiger partial charge in [0.15, 0.2) is 5.69 Å². The third-order valence-corrected chi connectivity index (χ3v) is 3.08. The zero-order valence-corrected chi connectivity index (χ0v) is 12.0.